The van der Waals surface area contributed by atoms with Gasteiger partial charge in [-0.2, -0.15) is 11.8 Å². The summed E-state index contributed by atoms with van der Waals surface area (Å²) in [5.74, 6) is 3.13. The SMILES string of the molecule is CN=C(NCCc1ccc(C)c(OC)c1)N1CCSC(C)(C)C1.I. The van der Waals surface area contributed by atoms with Crippen molar-refractivity contribution in [2.75, 3.05) is 39.5 Å². The van der Waals surface area contributed by atoms with Gasteiger partial charge in [-0.1, -0.05) is 12.1 Å². The quantitative estimate of drug-likeness (QED) is 0.421. The number of aliphatic imine (C=N–C) groups is 1. The number of aryl methyl sites for hydroxylation is 1. The summed E-state index contributed by atoms with van der Waals surface area (Å²) in [4.78, 5) is 6.82. The second-order valence-electron chi connectivity index (χ2n) is 6.56. The van der Waals surface area contributed by atoms with E-state index < -0.39 is 0 Å². The molecule has 2 rings (SSSR count). The van der Waals surface area contributed by atoms with E-state index in [0.717, 1.165) is 43.5 Å². The Morgan fingerprint density at radius 3 is 2.79 bits per heavy atom. The predicted molar refractivity (Wildman–Crippen MR) is 116 cm³/mol. The van der Waals surface area contributed by atoms with Crippen LogP contribution in [0.25, 0.3) is 0 Å². The minimum absolute atomic E-state index is 0. The maximum atomic E-state index is 5.40. The molecular weight excluding hydrogens is 433 g/mol. The van der Waals surface area contributed by atoms with Crippen molar-refractivity contribution >= 4 is 41.7 Å². The Kier molecular flexibility index (Phi) is 8.70. The molecule has 1 saturated heterocycles. The summed E-state index contributed by atoms with van der Waals surface area (Å²) in [6, 6.07) is 6.41. The molecule has 6 heteroatoms. The van der Waals surface area contributed by atoms with Gasteiger partial charge in [0.25, 0.3) is 0 Å². The molecule has 1 aliphatic rings. The summed E-state index contributed by atoms with van der Waals surface area (Å²) >= 11 is 2.04. The van der Waals surface area contributed by atoms with E-state index in [0.29, 0.717) is 4.75 Å². The van der Waals surface area contributed by atoms with E-state index in [4.69, 9.17) is 4.74 Å². The molecular formula is C18H30IN3OS. The third-order valence-electron chi connectivity index (χ3n) is 4.11. The number of nitrogens with zero attached hydrogens (tertiary/aromatic N) is 2. The van der Waals surface area contributed by atoms with Crippen LogP contribution in [0, 0.1) is 6.92 Å². The number of nitrogens with one attached hydrogen (secondary N) is 1. The highest BCUT2D eigenvalue weighted by atomic mass is 127. The van der Waals surface area contributed by atoms with Crippen molar-refractivity contribution in [3.05, 3.63) is 29.3 Å². The number of guanidine groups is 1. The van der Waals surface area contributed by atoms with Crippen LogP contribution in [0.2, 0.25) is 0 Å². The summed E-state index contributed by atoms with van der Waals surface area (Å²) in [6.07, 6.45) is 0.960. The van der Waals surface area contributed by atoms with E-state index in [9.17, 15) is 0 Å². The number of hydrogen-bond acceptors (Lipinski definition) is 3. The van der Waals surface area contributed by atoms with Crippen molar-refractivity contribution in [3.8, 4) is 5.75 Å². The van der Waals surface area contributed by atoms with Crippen LogP contribution in [0.3, 0.4) is 0 Å². The van der Waals surface area contributed by atoms with Crippen LogP contribution in [0.5, 0.6) is 5.75 Å². The Bertz CT molecular complexity index is 563. The van der Waals surface area contributed by atoms with E-state index in [1.165, 1.54) is 11.1 Å². The standard InChI is InChI=1S/C18H29N3OS.HI/c1-14-6-7-15(12-16(14)22-5)8-9-20-17(19-4)21-10-11-23-18(2,3)13-21;/h6-7,12H,8-11,13H2,1-5H3,(H,19,20);1H. The first kappa shape index (κ1) is 21.4. The first-order chi connectivity index (χ1) is 10.9. The van der Waals surface area contributed by atoms with Crippen LogP contribution in [0.4, 0.5) is 0 Å². The van der Waals surface area contributed by atoms with Gasteiger partial charge in [0, 0.05) is 37.2 Å². The summed E-state index contributed by atoms with van der Waals surface area (Å²) in [5, 5.41) is 3.50. The molecule has 0 radical (unpaired) electrons. The molecule has 1 heterocycles. The van der Waals surface area contributed by atoms with Gasteiger partial charge in [-0.25, -0.2) is 0 Å². The summed E-state index contributed by atoms with van der Waals surface area (Å²) in [5.41, 5.74) is 2.46. The lowest BCUT2D eigenvalue weighted by Gasteiger charge is -2.39. The van der Waals surface area contributed by atoms with Gasteiger partial charge in [0.15, 0.2) is 5.96 Å². The first-order valence-corrected chi connectivity index (χ1v) is 9.17. The second-order valence-corrected chi connectivity index (χ2v) is 8.36. The summed E-state index contributed by atoms with van der Waals surface area (Å²) < 4.78 is 5.69. The minimum Gasteiger partial charge on any atom is -0.496 e. The number of methoxy groups -OCH3 is 1. The van der Waals surface area contributed by atoms with E-state index in [-0.39, 0.29) is 24.0 Å². The molecule has 0 atom stereocenters. The van der Waals surface area contributed by atoms with Crippen molar-refractivity contribution in [2.24, 2.45) is 4.99 Å². The van der Waals surface area contributed by atoms with Gasteiger partial charge in [-0.3, -0.25) is 4.99 Å². The van der Waals surface area contributed by atoms with E-state index in [1.54, 1.807) is 7.11 Å². The van der Waals surface area contributed by atoms with Gasteiger partial charge in [0.2, 0.25) is 0 Å². The highest BCUT2D eigenvalue weighted by molar-refractivity contribution is 14.0. The normalized spacial score (nSPS) is 17.2. The van der Waals surface area contributed by atoms with Crippen LogP contribution in [0.15, 0.2) is 23.2 Å². The molecule has 0 aliphatic carbocycles. The van der Waals surface area contributed by atoms with Crippen molar-refractivity contribution in [1.29, 1.82) is 0 Å². The molecule has 1 aromatic rings. The van der Waals surface area contributed by atoms with Gasteiger partial charge < -0.3 is 15.0 Å². The smallest absolute Gasteiger partial charge is 0.193 e. The summed E-state index contributed by atoms with van der Waals surface area (Å²) in [7, 11) is 3.59. The number of thioether (sulfide) groups is 1. The number of hydrogen-bond donors (Lipinski definition) is 1. The number of benzene rings is 1. The van der Waals surface area contributed by atoms with Crippen molar-refractivity contribution in [3.63, 3.8) is 0 Å². The Balaban J connectivity index is 0.00000288. The Morgan fingerprint density at radius 1 is 1.42 bits per heavy atom. The zero-order valence-electron chi connectivity index (χ0n) is 15.4. The molecule has 0 spiro atoms. The van der Waals surface area contributed by atoms with Gasteiger partial charge >= 0.3 is 0 Å². The molecule has 4 nitrogen and oxygen atoms in total. The van der Waals surface area contributed by atoms with Gasteiger partial charge in [-0.15, -0.1) is 24.0 Å². The van der Waals surface area contributed by atoms with E-state index >= 15 is 0 Å². The van der Waals surface area contributed by atoms with Crippen LogP contribution in [-0.4, -0.2) is 55.2 Å². The maximum Gasteiger partial charge on any atom is 0.193 e. The maximum absolute atomic E-state index is 5.40. The Labute approximate surface area is 167 Å². The zero-order chi connectivity index (χ0) is 16.9. The molecule has 1 N–H and O–H groups in total. The van der Waals surface area contributed by atoms with E-state index in [2.05, 4.69) is 54.2 Å². The van der Waals surface area contributed by atoms with E-state index in [1.807, 2.05) is 18.8 Å². The van der Waals surface area contributed by atoms with Crippen LogP contribution >= 0.6 is 35.7 Å². The molecule has 0 amide bonds. The fourth-order valence-corrected chi connectivity index (χ4v) is 3.98. The lowest BCUT2D eigenvalue weighted by molar-refractivity contribution is 0.376. The topological polar surface area (TPSA) is 36.9 Å². The van der Waals surface area contributed by atoms with Crippen LogP contribution < -0.4 is 10.1 Å². The average molecular weight is 463 g/mol. The van der Waals surface area contributed by atoms with Crippen LogP contribution in [-0.2, 0) is 6.42 Å². The largest absolute Gasteiger partial charge is 0.496 e. The number of rotatable bonds is 4. The molecule has 0 saturated carbocycles. The Hall–Kier alpha value is -0.630. The third-order valence-corrected chi connectivity index (χ3v) is 5.40. The third kappa shape index (κ3) is 6.02. The second kappa shape index (κ2) is 9.75. The van der Waals surface area contributed by atoms with Crippen molar-refractivity contribution in [2.45, 2.75) is 31.9 Å². The molecule has 1 aliphatic heterocycles. The monoisotopic (exact) mass is 463 g/mol. The highest BCUT2D eigenvalue weighted by Gasteiger charge is 2.28. The minimum atomic E-state index is 0. The van der Waals surface area contributed by atoms with Crippen LogP contribution in [0.1, 0.15) is 25.0 Å². The fraction of sp³-hybridized carbons (Fsp3) is 0.611. The molecule has 0 unspecified atom stereocenters. The lowest BCUT2D eigenvalue weighted by Crippen LogP contribution is -2.51. The molecule has 1 fully saturated rings. The van der Waals surface area contributed by atoms with Crippen molar-refractivity contribution in [1.82, 2.24) is 10.2 Å². The average Bonchev–Trinajstić information content (AvgIpc) is 2.52. The van der Waals surface area contributed by atoms with Gasteiger partial charge in [0.1, 0.15) is 5.75 Å². The number of halogens is 1. The zero-order valence-corrected chi connectivity index (χ0v) is 18.5. The molecule has 0 aromatic heterocycles. The molecule has 1 aromatic carbocycles. The van der Waals surface area contributed by atoms with Crippen molar-refractivity contribution < 1.29 is 4.74 Å². The lowest BCUT2D eigenvalue weighted by atomic mass is 10.1. The first-order valence-electron chi connectivity index (χ1n) is 8.18. The summed E-state index contributed by atoms with van der Waals surface area (Å²) in [6.45, 7) is 9.65. The Morgan fingerprint density at radius 2 is 2.17 bits per heavy atom. The van der Waals surface area contributed by atoms with Gasteiger partial charge in [0.05, 0.1) is 7.11 Å². The molecule has 0 bridgehead atoms. The number of ether oxygens (including phenoxy) is 1. The fourth-order valence-electron chi connectivity index (χ4n) is 2.87. The van der Waals surface area contributed by atoms with Gasteiger partial charge in [-0.05, 0) is 44.4 Å². The molecule has 136 valence electrons. The molecule has 24 heavy (non-hydrogen) atoms. The predicted octanol–water partition coefficient (Wildman–Crippen LogP) is 3.57. The highest BCUT2D eigenvalue weighted by Crippen LogP contribution is 2.29.